The Hall–Kier alpha value is -1.68. The molecule has 8 nitrogen and oxygen atoms in total. The zero-order chi connectivity index (χ0) is 17.6. The first-order chi connectivity index (χ1) is 11.2. The Morgan fingerprint density at radius 3 is 2.33 bits per heavy atom. The summed E-state index contributed by atoms with van der Waals surface area (Å²) in [6.07, 6.45) is 0. The molecule has 2 atom stereocenters. The number of fused-ring (bicyclic) bond motifs is 1. The summed E-state index contributed by atoms with van der Waals surface area (Å²) in [5.74, 6) is -0.531. The van der Waals surface area contributed by atoms with Gasteiger partial charge < -0.3 is 15.1 Å². The average molecular weight is 372 g/mol. The molecule has 24 heavy (non-hydrogen) atoms. The number of amides is 2. The van der Waals surface area contributed by atoms with E-state index in [0.29, 0.717) is 28.8 Å². The number of piperazine rings is 1. The summed E-state index contributed by atoms with van der Waals surface area (Å²) in [7, 11) is -1.53. The highest BCUT2D eigenvalue weighted by atomic mass is 32.2. The summed E-state index contributed by atoms with van der Waals surface area (Å²) in [6, 6.07) is -0.943. The number of hydrogen-bond donors (Lipinski definition) is 1. The second-order valence-electron chi connectivity index (χ2n) is 6.11. The van der Waals surface area contributed by atoms with Crippen LogP contribution in [0.5, 0.6) is 0 Å². The fraction of sp³-hybridized carbons (Fsp3) is 0.643. The van der Waals surface area contributed by atoms with E-state index < -0.39 is 21.9 Å². The van der Waals surface area contributed by atoms with Gasteiger partial charge in [0.15, 0.2) is 15.0 Å². The van der Waals surface area contributed by atoms with Gasteiger partial charge in [0.1, 0.15) is 4.88 Å². The highest BCUT2D eigenvalue weighted by molar-refractivity contribution is 7.91. The van der Waals surface area contributed by atoms with Crippen molar-refractivity contribution in [3.63, 3.8) is 0 Å². The minimum absolute atomic E-state index is 0.0789. The van der Waals surface area contributed by atoms with Crippen molar-refractivity contribution >= 4 is 38.1 Å². The molecule has 0 aliphatic carbocycles. The number of aryl methyl sites for hydroxylation is 1. The topological polar surface area (TPSA) is 99.7 Å². The third kappa shape index (κ3) is 2.88. The summed E-state index contributed by atoms with van der Waals surface area (Å²) >= 11 is 1.26. The van der Waals surface area contributed by atoms with Crippen molar-refractivity contribution < 1.29 is 18.0 Å². The maximum atomic E-state index is 13.0. The quantitative estimate of drug-likeness (QED) is 0.782. The fourth-order valence-electron chi connectivity index (χ4n) is 3.43. The number of nitrogens with one attached hydrogen (secondary N) is 1. The van der Waals surface area contributed by atoms with Crippen LogP contribution in [0.3, 0.4) is 0 Å². The van der Waals surface area contributed by atoms with Crippen LogP contribution in [0.25, 0.3) is 0 Å². The maximum absolute atomic E-state index is 13.0. The van der Waals surface area contributed by atoms with Crippen molar-refractivity contribution in [3.05, 3.63) is 10.6 Å². The van der Waals surface area contributed by atoms with Gasteiger partial charge in [0, 0.05) is 27.1 Å². The third-order valence-corrected chi connectivity index (χ3v) is 7.41. The van der Waals surface area contributed by atoms with Gasteiger partial charge in [0.25, 0.3) is 5.91 Å². The maximum Gasteiger partial charge on any atom is 0.266 e. The number of carbonyl (C=O) groups is 2. The minimum Gasteiger partial charge on any atom is -0.365 e. The molecule has 2 fully saturated rings. The predicted octanol–water partition coefficient (Wildman–Crippen LogP) is -0.0369. The molecule has 0 saturated carbocycles. The van der Waals surface area contributed by atoms with E-state index in [1.54, 1.807) is 23.8 Å². The lowest BCUT2D eigenvalue weighted by Gasteiger charge is -2.43. The first-order valence-electron chi connectivity index (χ1n) is 7.67. The van der Waals surface area contributed by atoms with E-state index in [-0.39, 0.29) is 23.3 Å². The highest BCUT2D eigenvalue weighted by Crippen LogP contribution is 2.31. The monoisotopic (exact) mass is 372 g/mol. The van der Waals surface area contributed by atoms with Gasteiger partial charge in [-0.3, -0.25) is 9.59 Å². The first-order valence-corrected chi connectivity index (χ1v) is 10.3. The summed E-state index contributed by atoms with van der Waals surface area (Å²) < 4.78 is 24.2. The number of aromatic nitrogens is 1. The van der Waals surface area contributed by atoms with Gasteiger partial charge >= 0.3 is 0 Å². The summed E-state index contributed by atoms with van der Waals surface area (Å²) in [5, 5.41) is 3.56. The molecule has 2 aliphatic rings. The van der Waals surface area contributed by atoms with Crippen molar-refractivity contribution in [2.75, 3.05) is 37.0 Å². The molecule has 0 aromatic carbocycles. The largest absolute Gasteiger partial charge is 0.365 e. The molecular weight excluding hydrogens is 352 g/mol. The highest BCUT2D eigenvalue weighted by Gasteiger charge is 2.49. The molecule has 2 amide bonds. The van der Waals surface area contributed by atoms with E-state index in [9.17, 15) is 18.0 Å². The number of hydrogen-bond acceptors (Lipinski definition) is 7. The summed E-state index contributed by atoms with van der Waals surface area (Å²) in [4.78, 5) is 32.7. The van der Waals surface area contributed by atoms with Crippen LogP contribution < -0.4 is 5.32 Å². The Kier molecular flexibility index (Phi) is 4.28. The molecule has 1 aromatic rings. The van der Waals surface area contributed by atoms with Crippen molar-refractivity contribution in [2.24, 2.45) is 0 Å². The fourth-order valence-corrected chi connectivity index (χ4v) is 6.29. The van der Waals surface area contributed by atoms with Crippen LogP contribution in [0.4, 0.5) is 5.13 Å². The van der Waals surface area contributed by atoms with Gasteiger partial charge in [-0.2, -0.15) is 0 Å². The van der Waals surface area contributed by atoms with E-state index in [4.69, 9.17) is 0 Å². The van der Waals surface area contributed by atoms with E-state index in [1.807, 2.05) is 0 Å². The molecule has 132 valence electrons. The molecule has 0 radical (unpaired) electrons. The summed E-state index contributed by atoms with van der Waals surface area (Å²) in [6.45, 7) is 3.89. The zero-order valence-corrected chi connectivity index (χ0v) is 15.4. The SMILES string of the molecule is CNc1nc(C)c(C(=O)N2CCN(C(C)=O)[C@@H]3CS(=O)(=O)C[C@@H]32)s1. The third-order valence-electron chi connectivity index (χ3n) is 4.55. The molecule has 2 saturated heterocycles. The second kappa shape index (κ2) is 5.99. The van der Waals surface area contributed by atoms with Gasteiger partial charge in [-0.05, 0) is 6.92 Å². The van der Waals surface area contributed by atoms with E-state index in [2.05, 4.69) is 10.3 Å². The van der Waals surface area contributed by atoms with Crippen molar-refractivity contribution in [3.8, 4) is 0 Å². The van der Waals surface area contributed by atoms with Crippen LogP contribution >= 0.6 is 11.3 Å². The van der Waals surface area contributed by atoms with Crippen LogP contribution in [0, 0.1) is 6.92 Å². The molecular formula is C14H20N4O4S2. The molecule has 3 heterocycles. The van der Waals surface area contributed by atoms with Crippen LogP contribution in [0.2, 0.25) is 0 Å². The standard InChI is InChI=1S/C14H20N4O4S2/c1-8-12(23-14(15-3)16-8)13(20)18-5-4-17(9(2)19)10-6-24(21,22)7-11(10)18/h10-11H,4-7H2,1-3H3,(H,15,16)/t10-,11+/m1/s1. The molecule has 3 rings (SSSR count). The number of rotatable bonds is 2. The smallest absolute Gasteiger partial charge is 0.266 e. The number of thiazole rings is 1. The lowest BCUT2D eigenvalue weighted by Crippen LogP contribution is -2.61. The Labute approximate surface area is 144 Å². The second-order valence-corrected chi connectivity index (χ2v) is 9.26. The van der Waals surface area contributed by atoms with Gasteiger partial charge in [-0.25, -0.2) is 13.4 Å². The van der Waals surface area contributed by atoms with Gasteiger partial charge in [0.2, 0.25) is 5.91 Å². The number of carbonyl (C=O) groups excluding carboxylic acids is 2. The van der Waals surface area contributed by atoms with E-state index >= 15 is 0 Å². The predicted molar refractivity (Wildman–Crippen MR) is 91.1 cm³/mol. The molecule has 1 N–H and O–H groups in total. The Balaban J connectivity index is 1.92. The lowest BCUT2D eigenvalue weighted by atomic mass is 10.0. The van der Waals surface area contributed by atoms with E-state index in [1.165, 1.54) is 18.3 Å². The van der Waals surface area contributed by atoms with Crippen molar-refractivity contribution in [2.45, 2.75) is 25.9 Å². The Morgan fingerprint density at radius 2 is 1.79 bits per heavy atom. The van der Waals surface area contributed by atoms with E-state index in [0.717, 1.165) is 0 Å². The summed E-state index contributed by atoms with van der Waals surface area (Å²) in [5.41, 5.74) is 0.626. The van der Waals surface area contributed by atoms with Crippen molar-refractivity contribution in [1.29, 1.82) is 0 Å². The minimum atomic E-state index is -3.27. The number of anilines is 1. The number of nitrogens with zero attached hydrogens (tertiary/aromatic N) is 3. The zero-order valence-electron chi connectivity index (χ0n) is 13.8. The lowest BCUT2D eigenvalue weighted by molar-refractivity contribution is -0.133. The van der Waals surface area contributed by atoms with Crippen LogP contribution in [0.15, 0.2) is 0 Å². The molecule has 1 aromatic heterocycles. The molecule has 0 unspecified atom stereocenters. The van der Waals surface area contributed by atoms with Gasteiger partial charge in [-0.1, -0.05) is 11.3 Å². The van der Waals surface area contributed by atoms with Crippen LogP contribution in [-0.2, 0) is 14.6 Å². The number of sulfone groups is 1. The normalized spacial score (nSPS) is 25.5. The molecule has 2 aliphatic heterocycles. The van der Waals surface area contributed by atoms with Crippen LogP contribution in [0.1, 0.15) is 22.3 Å². The Bertz CT molecular complexity index is 789. The van der Waals surface area contributed by atoms with Gasteiger partial charge in [-0.15, -0.1) is 0 Å². The molecule has 0 bridgehead atoms. The Morgan fingerprint density at radius 1 is 1.21 bits per heavy atom. The molecule has 10 heteroatoms. The first kappa shape index (κ1) is 17.2. The van der Waals surface area contributed by atoms with Crippen LogP contribution in [-0.4, -0.2) is 78.7 Å². The average Bonchev–Trinajstić information content (AvgIpc) is 3.03. The molecule has 0 spiro atoms. The van der Waals surface area contributed by atoms with Crippen molar-refractivity contribution in [1.82, 2.24) is 14.8 Å². The van der Waals surface area contributed by atoms with Gasteiger partial charge in [0.05, 0.1) is 29.3 Å².